The standard InChI is InChI=1S/C18H19N3O5/c1-23-12-21-10-13(9-19-21)20-18(22)17-8-7-14(26-17)11-25-16-6-4-3-5-15(16)24-2/h3-10H,11-12H2,1-2H3,(H,20,22). The van der Waals surface area contributed by atoms with Crippen molar-refractivity contribution in [3.05, 3.63) is 60.3 Å². The summed E-state index contributed by atoms with van der Waals surface area (Å²) >= 11 is 0. The molecule has 3 aromatic rings. The number of para-hydroxylation sites is 2. The van der Waals surface area contributed by atoms with Crippen LogP contribution < -0.4 is 14.8 Å². The number of hydrogen-bond acceptors (Lipinski definition) is 6. The lowest BCUT2D eigenvalue weighted by molar-refractivity contribution is 0.0992. The number of benzene rings is 1. The molecule has 0 unspecified atom stereocenters. The number of nitrogens with one attached hydrogen (secondary N) is 1. The van der Waals surface area contributed by atoms with Crippen molar-refractivity contribution in [1.29, 1.82) is 0 Å². The number of nitrogens with zero attached hydrogens (tertiary/aromatic N) is 2. The maximum Gasteiger partial charge on any atom is 0.291 e. The van der Waals surface area contributed by atoms with Crippen LogP contribution in [0.15, 0.2) is 53.2 Å². The molecule has 0 aliphatic heterocycles. The Morgan fingerprint density at radius 2 is 2.00 bits per heavy atom. The van der Waals surface area contributed by atoms with Crippen LogP contribution in [0.1, 0.15) is 16.3 Å². The summed E-state index contributed by atoms with van der Waals surface area (Å²) in [4.78, 5) is 12.2. The van der Waals surface area contributed by atoms with E-state index in [1.54, 1.807) is 49.4 Å². The smallest absolute Gasteiger partial charge is 0.291 e. The van der Waals surface area contributed by atoms with Crippen LogP contribution in [0.25, 0.3) is 0 Å². The molecular formula is C18H19N3O5. The molecule has 3 rings (SSSR count). The Kier molecular flexibility index (Phi) is 5.55. The Morgan fingerprint density at radius 1 is 1.19 bits per heavy atom. The van der Waals surface area contributed by atoms with Crippen LogP contribution in [-0.4, -0.2) is 29.9 Å². The number of amides is 1. The molecule has 0 spiro atoms. The fourth-order valence-electron chi connectivity index (χ4n) is 2.29. The molecule has 0 saturated carbocycles. The third kappa shape index (κ3) is 4.22. The number of anilines is 1. The highest BCUT2D eigenvalue weighted by molar-refractivity contribution is 6.02. The molecule has 1 amide bonds. The van der Waals surface area contributed by atoms with E-state index in [1.165, 1.54) is 6.20 Å². The summed E-state index contributed by atoms with van der Waals surface area (Å²) in [6.45, 7) is 0.487. The van der Waals surface area contributed by atoms with Crippen molar-refractivity contribution in [2.24, 2.45) is 0 Å². The molecule has 0 saturated heterocycles. The number of carbonyl (C=O) groups excluding carboxylic acids is 1. The lowest BCUT2D eigenvalue weighted by Gasteiger charge is -2.08. The third-order valence-corrected chi connectivity index (χ3v) is 3.48. The first-order valence-corrected chi connectivity index (χ1v) is 7.87. The van der Waals surface area contributed by atoms with E-state index >= 15 is 0 Å². The minimum Gasteiger partial charge on any atom is -0.493 e. The van der Waals surface area contributed by atoms with Crippen molar-refractivity contribution in [2.75, 3.05) is 19.5 Å². The molecule has 0 fully saturated rings. The molecule has 0 aliphatic carbocycles. The van der Waals surface area contributed by atoms with Gasteiger partial charge in [-0.05, 0) is 24.3 Å². The Balaban J connectivity index is 1.59. The number of ether oxygens (including phenoxy) is 3. The van der Waals surface area contributed by atoms with Gasteiger partial charge < -0.3 is 23.9 Å². The molecule has 2 heterocycles. The van der Waals surface area contributed by atoms with Crippen molar-refractivity contribution in [1.82, 2.24) is 9.78 Å². The first-order chi connectivity index (χ1) is 12.7. The van der Waals surface area contributed by atoms with Crippen LogP contribution in [-0.2, 0) is 18.1 Å². The minimum atomic E-state index is -0.370. The van der Waals surface area contributed by atoms with E-state index in [4.69, 9.17) is 18.6 Å². The van der Waals surface area contributed by atoms with E-state index in [9.17, 15) is 4.79 Å². The van der Waals surface area contributed by atoms with E-state index < -0.39 is 0 Å². The van der Waals surface area contributed by atoms with Gasteiger partial charge in [0.05, 0.1) is 25.2 Å². The fourth-order valence-corrected chi connectivity index (χ4v) is 2.29. The largest absolute Gasteiger partial charge is 0.493 e. The predicted octanol–water partition coefficient (Wildman–Crippen LogP) is 2.92. The van der Waals surface area contributed by atoms with Gasteiger partial charge >= 0.3 is 0 Å². The number of aromatic nitrogens is 2. The number of rotatable bonds is 8. The van der Waals surface area contributed by atoms with E-state index in [2.05, 4.69) is 10.4 Å². The van der Waals surface area contributed by atoms with Gasteiger partial charge in [0.1, 0.15) is 19.1 Å². The van der Waals surface area contributed by atoms with Crippen molar-refractivity contribution < 1.29 is 23.4 Å². The second-order valence-electron chi connectivity index (χ2n) is 5.35. The van der Waals surface area contributed by atoms with Gasteiger partial charge in [-0.1, -0.05) is 12.1 Å². The monoisotopic (exact) mass is 357 g/mol. The number of hydrogen-bond donors (Lipinski definition) is 1. The maximum atomic E-state index is 12.2. The lowest BCUT2D eigenvalue weighted by Crippen LogP contribution is -2.10. The first-order valence-electron chi connectivity index (χ1n) is 7.87. The molecule has 1 N–H and O–H groups in total. The van der Waals surface area contributed by atoms with Crippen molar-refractivity contribution in [2.45, 2.75) is 13.3 Å². The zero-order valence-corrected chi connectivity index (χ0v) is 14.5. The second-order valence-corrected chi connectivity index (χ2v) is 5.35. The quantitative estimate of drug-likeness (QED) is 0.667. The van der Waals surface area contributed by atoms with Crippen LogP contribution in [0.3, 0.4) is 0 Å². The first kappa shape index (κ1) is 17.6. The molecule has 136 valence electrons. The van der Waals surface area contributed by atoms with Crippen LogP contribution in [0, 0.1) is 0 Å². The average Bonchev–Trinajstić information content (AvgIpc) is 3.30. The van der Waals surface area contributed by atoms with Gasteiger partial charge in [0.2, 0.25) is 0 Å². The maximum absolute atomic E-state index is 12.2. The zero-order valence-electron chi connectivity index (χ0n) is 14.5. The van der Waals surface area contributed by atoms with E-state index in [0.29, 0.717) is 29.7 Å². The van der Waals surface area contributed by atoms with Gasteiger partial charge in [0.15, 0.2) is 17.3 Å². The van der Waals surface area contributed by atoms with Crippen LogP contribution in [0.4, 0.5) is 5.69 Å². The van der Waals surface area contributed by atoms with Crippen LogP contribution >= 0.6 is 0 Å². The Hall–Kier alpha value is -3.26. The number of carbonyl (C=O) groups is 1. The summed E-state index contributed by atoms with van der Waals surface area (Å²) in [5.74, 6) is 1.57. The highest BCUT2D eigenvalue weighted by Crippen LogP contribution is 2.26. The topological polar surface area (TPSA) is 87.8 Å². The van der Waals surface area contributed by atoms with E-state index in [-0.39, 0.29) is 18.3 Å². The summed E-state index contributed by atoms with van der Waals surface area (Å²) < 4.78 is 23.0. The Morgan fingerprint density at radius 3 is 2.77 bits per heavy atom. The van der Waals surface area contributed by atoms with Crippen molar-refractivity contribution in [3.63, 3.8) is 0 Å². The summed E-state index contributed by atoms with van der Waals surface area (Å²) in [6.07, 6.45) is 3.20. The molecular weight excluding hydrogens is 338 g/mol. The van der Waals surface area contributed by atoms with Gasteiger partial charge in [-0.2, -0.15) is 5.10 Å². The molecule has 0 bridgehead atoms. The third-order valence-electron chi connectivity index (χ3n) is 3.48. The summed E-state index contributed by atoms with van der Waals surface area (Å²) in [5.41, 5.74) is 0.551. The minimum absolute atomic E-state index is 0.180. The molecule has 0 radical (unpaired) electrons. The molecule has 26 heavy (non-hydrogen) atoms. The van der Waals surface area contributed by atoms with Crippen molar-refractivity contribution >= 4 is 11.6 Å². The molecule has 2 aromatic heterocycles. The van der Waals surface area contributed by atoms with Crippen molar-refractivity contribution in [3.8, 4) is 11.5 Å². The van der Waals surface area contributed by atoms with Gasteiger partial charge in [-0.25, -0.2) is 4.68 Å². The van der Waals surface area contributed by atoms with Gasteiger partial charge in [-0.15, -0.1) is 0 Å². The SMILES string of the molecule is COCn1cc(NC(=O)c2ccc(COc3ccccc3OC)o2)cn1. The summed E-state index contributed by atoms with van der Waals surface area (Å²) in [7, 11) is 3.14. The summed E-state index contributed by atoms with van der Waals surface area (Å²) in [6, 6.07) is 10.6. The average molecular weight is 357 g/mol. The molecule has 8 nitrogen and oxygen atoms in total. The van der Waals surface area contributed by atoms with Gasteiger partial charge in [0.25, 0.3) is 5.91 Å². The highest BCUT2D eigenvalue weighted by Gasteiger charge is 2.13. The zero-order chi connectivity index (χ0) is 18.4. The van der Waals surface area contributed by atoms with E-state index in [1.807, 2.05) is 12.1 Å². The fraction of sp³-hybridized carbons (Fsp3) is 0.222. The number of methoxy groups -OCH3 is 2. The van der Waals surface area contributed by atoms with Crippen LogP contribution in [0.2, 0.25) is 0 Å². The predicted molar refractivity (Wildman–Crippen MR) is 93.2 cm³/mol. The Labute approximate surface area is 150 Å². The highest BCUT2D eigenvalue weighted by atomic mass is 16.5. The second kappa shape index (κ2) is 8.21. The van der Waals surface area contributed by atoms with E-state index in [0.717, 1.165) is 0 Å². The summed E-state index contributed by atoms with van der Waals surface area (Å²) in [5, 5.41) is 6.76. The lowest BCUT2D eigenvalue weighted by atomic mass is 10.3. The van der Waals surface area contributed by atoms with Crippen LogP contribution in [0.5, 0.6) is 11.5 Å². The molecule has 0 atom stereocenters. The molecule has 0 aliphatic rings. The molecule has 1 aromatic carbocycles. The molecule has 8 heteroatoms. The van der Waals surface area contributed by atoms with Gasteiger partial charge in [0, 0.05) is 7.11 Å². The van der Waals surface area contributed by atoms with Gasteiger partial charge in [-0.3, -0.25) is 4.79 Å². The number of furan rings is 1. The normalized spacial score (nSPS) is 10.5. The Bertz CT molecular complexity index is 871.